The molecule has 1 aliphatic heterocycles. The number of aliphatic hydroxyl groups is 4. The van der Waals surface area contributed by atoms with Gasteiger partial charge in [-0.25, -0.2) is 9.36 Å². The number of esters is 1. The first-order valence-corrected chi connectivity index (χ1v) is 7.25. The van der Waals surface area contributed by atoms with Gasteiger partial charge in [0.05, 0.1) is 6.61 Å². The third kappa shape index (κ3) is 4.14. The van der Waals surface area contributed by atoms with Crippen molar-refractivity contribution in [1.29, 1.82) is 0 Å². The summed E-state index contributed by atoms with van der Waals surface area (Å²) in [5.41, 5.74) is -2.53. The Balaban J connectivity index is 2.95. The van der Waals surface area contributed by atoms with E-state index in [0.717, 1.165) is 0 Å². The molecule has 0 spiro atoms. The van der Waals surface area contributed by atoms with Crippen molar-refractivity contribution in [3.8, 4) is 0 Å². The fourth-order valence-electron chi connectivity index (χ4n) is 1.62. The predicted molar refractivity (Wildman–Crippen MR) is 64.5 cm³/mol. The van der Waals surface area contributed by atoms with Crippen LogP contribution in [0.4, 0.5) is 0 Å². The highest BCUT2D eigenvalue weighted by atomic mass is 31.2. The lowest BCUT2D eigenvalue weighted by Gasteiger charge is -2.34. The van der Waals surface area contributed by atoms with Crippen LogP contribution in [0.15, 0.2) is 11.5 Å². The summed E-state index contributed by atoms with van der Waals surface area (Å²) in [6.45, 7) is 0.322. The van der Waals surface area contributed by atoms with Crippen LogP contribution in [-0.2, 0) is 18.6 Å². The minimum Gasteiger partial charge on any atom is -0.505 e. The summed E-state index contributed by atoms with van der Waals surface area (Å²) in [6.07, 6.45) is -3.36. The number of ether oxygens (including phenoxy) is 1. The highest BCUT2D eigenvalue weighted by Gasteiger charge is 2.50. The van der Waals surface area contributed by atoms with Gasteiger partial charge in [0.25, 0.3) is 0 Å². The molecule has 1 unspecified atom stereocenters. The molecule has 3 atom stereocenters. The number of hydrogen-bond donors (Lipinski definition) is 7. The lowest BCUT2D eigenvalue weighted by Crippen LogP contribution is -2.61. The van der Waals surface area contributed by atoms with E-state index in [2.05, 4.69) is 14.6 Å². The largest absolute Gasteiger partial charge is 0.505 e. The molecule has 0 aromatic heterocycles. The number of nitrogens with one attached hydrogen (secondary N) is 1. The molecule has 0 aliphatic carbocycles. The van der Waals surface area contributed by atoms with Crippen LogP contribution in [-0.4, -0.2) is 60.8 Å². The first-order chi connectivity index (χ1) is 9.54. The average molecular weight is 329 g/mol. The van der Waals surface area contributed by atoms with E-state index in [1.54, 1.807) is 0 Å². The maximum absolute atomic E-state index is 11.1. The SMILES string of the molecule is CCC(N[C@](O)(CO)[C@H]1OC(=O)C(O)=C1O)OP(=O)(O)O. The van der Waals surface area contributed by atoms with Gasteiger partial charge in [0.2, 0.25) is 11.9 Å². The predicted octanol–water partition coefficient (Wildman–Crippen LogP) is -1.64. The number of carbonyl (C=O) groups is 1. The number of hydrogen-bond acceptors (Lipinski definition) is 9. The van der Waals surface area contributed by atoms with Crippen molar-refractivity contribution in [1.82, 2.24) is 5.32 Å². The second-order valence-electron chi connectivity index (χ2n) is 4.24. The van der Waals surface area contributed by atoms with Crippen LogP contribution in [0.5, 0.6) is 0 Å². The highest BCUT2D eigenvalue weighted by molar-refractivity contribution is 7.46. The number of cyclic esters (lactones) is 1. The van der Waals surface area contributed by atoms with E-state index >= 15 is 0 Å². The molecule has 0 bridgehead atoms. The Morgan fingerprint density at radius 1 is 1.48 bits per heavy atom. The van der Waals surface area contributed by atoms with Gasteiger partial charge in [-0.2, -0.15) is 0 Å². The Hall–Kier alpha value is -1.20. The topological polar surface area (TPSA) is 186 Å². The van der Waals surface area contributed by atoms with E-state index in [1.165, 1.54) is 6.92 Å². The van der Waals surface area contributed by atoms with Gasteiger partial charge in [-0.15, -0.1) is 0 Å². The normalized spacial score (nSPS) is 23.9. The third-order valence-corrected chi connectivity index (χ3v) is 3.16. The van der Waals surface area contributed by atoms with Crippen LogP contribution in [0, 0.1) is 0 Å². The summed E-state index contributed by atoms with van der Waals surface area (Å²) in [5.74, 6) is -3.50. The average Bonchev–Trinajstić information content (AvgIpc) is 2.64. The summed E-state index contributed by atoms with van der Waals surface area (Å²) >= 11 is 0. The van der Waals surface area contributed by atoms with Crippen LogP contribution >= 0.6 is 7.82 Å². The molecule has 12 heteroatoms. The minimum atomic E-state index is -4.89. The van der Waals surface area contributed by atoms with E-state index in [4.69, 9.17) is 14.9 Å². The zero-order valence-corrected chi connectivity index (χ0v) is 11.7. The van der Waals surface area contributed by atoms with Gasteiger partial charge < -0.3 is 34.9 Å². The molecular weight excluding hydrogens is 313 g/mol. The molecule has 11 nitrogen and oxygen atoms in total. The molecule has 0 fully saturated rings. The quantitative estimate of drug-likeness (QED) is 0.161. The van der Waals surface area contributed by atoms with Crippen molar-refractivity contribution < 1.29 is 48.8 Å². The smallest absolute Gasteiger partial charge is 0.471 e. The molecule has 0 radical (unpaired) electrons. The molecular formula is C9H16NO10P. The van der Waals surface area contributed by atoms with Crippen molar-refractivity contribution in [3.63, 3.8) is 0 Å². The summed E-state index contributed by atoms with van der Waals surface area (Å²) in [5, 5.41) is 40.1. The van der Waals surface area contributed by atoms with Gasteiger partial charge in [0.15, 0.2) is 11.5 Å². The first kappa shape index (κ1) is 17.9. The summed E-state index contributed by atoms with van der Waals surface area (Å²) < 4.78 is 19.6. The Kier molecular flexibility index (Phi) is 5.34. The lowest BCUT2D eigenvalue weighted by molar-refractivity contribution is -0.172. The van der Waals surface area contributed by atoms with Crippen molar-refractivity contribution in [2.75, 3.05) is 6.61 Å². The van der Waals surface area contributed by atoms with Crippen LogP contribution in [0.25, 0.3) is 0 Å². The van der Waals surface area contributed by atoms with E-state index < -0.39 is 50.0 Å². The minimum absolute atomic E-state index is 0.0510. The molecule has 21 heavy (non-hydrogen) atoms. The van der Waals surface area contributed by atoms with Crippen LogP contribution in [0.1, 0.15) is 13.3 Å². The number of aliphatic hydroxyl groups excluding tert-OH is 3. The first-order valence-electron chi connectivity index (χ1n) is 5.72. The monoisotopic (exact) mass is 329 g/mol. The fraction of sp³-hybridized carbons (Fsp3) is 0.667. The molecule has 0 saturated carbocycles. The maximum Gasteiger partial charge on any atom is 0.471 e. The molecule has 0 amide bonds. The summed E-state index contributed by atoms with van der Waals surface area (Å²) in [6, 6.07) is 0. The maximum atomic E-state index is 11.1. The molecule has 1 rings (SSSR count). The third-order valence-electron chi connectivity index (χ3n) is 2.63. The van der Waals surface area contributed by atoms with Crippen molar-refractivity contribution in [2.45, 2.75) is 31.4 Å². The molecule has 1 heterocycles. The van der Waals surface area contributed by atoms with Crippen LogP contribution < -0.4 is 5.32 Å². The summed E-state index contributed by atoms with van der Waals surface area (Å²) in [4.78, 5) is 28.5. The fourth-order valence-corrected chi connectivity index (χ4v) is 2.16. The standard InChI is InChI=1S/C9H16NO10P/c1-2-4(20-21(16,17)18)10-9(15,3-11)7-5(12)6(13)8(14)19-7/h4,7,10-13,15H,2-3H2,1H3,(H2,16,17,18)/t4?,7-,9-/m0/s1. The zero-order valence-electron chi connectivity index (χ0n) is 10.8. The molecule has 122 valence electrons. The Bertz CT molecular complexity index is 487. The number of rotatable bonds is 7. The Labute approximate surface area is 118 Å². The molecule has 0 aromatic rings. The second-order valence-corrected chi connectivity index (χ2v) is 5.43. The van der Waals surface area contributed by atoms with Gasteiger partial charge in [0.1, 0.15) is 6.23 Å². The number of phosphoric acid groups is 1. The van der Waals surface area contributed by atoms with Crippen molar-refractivity contribution in [2.24, 2.45) is 0 Å². The zero-order chi connectivity index (χ0) is 16.4. The molecule has 7 N–H and O–H groups in total. The van der Waals surface area contributed by atoms with Crippen LogP contribution in [0.3, 0.4) is 0 Å². The van der Waals surface area contributed by atoms with E-state index in [9.17, 15) is 24.7 Å². The van der Waals surface area contributed by atoms with Gasteiger partial charge >= 0.3 is 13.8 Å². The van der Waals surface area contributed by atoms with E-state index in [-0.39, 0.29) is 6.42 Å². The van der Waals surface area contributed by atoms with E-state index in [1.807, 2.05) is 0 Å². The Morgan fingerprint density at radius 3 is 2.38 bits per heavy atom. The highest BCUT2D eigenvalue weighted by Crippen LogP contribution is 2.38. The van der Waals surface area contributed by atoms with Gasteiger partial charge in [-0.1, -0.05) is 6.92 Å². The van der Waals surface area contributed by atoms with Crippen molar-refractivity contribution >= 4 is 13.8 Å². The van der Waals surface area contributed by atoms with Crippen LogP contribution in [0.2, 0.25) is 0 Å². The van der Waals surface area contributed by atoms with E-state index in [0.29, 0.717) is 0 Å². The number of carbonyl (C=O) groups excluding carboxylic acids is 1. The summed E-state index contributed by atoms with van der Waals surface area (Å²) in [7, 11) is -4.89. The van der Waals surface area contributed by atoms with Gasteiger partial charge in [-0.05, 0) is 6.42 Å². The van der Waals surface area contributed by atoms with Gasteiger partial charge in [-0.3, -0.25) is 9.84 Å². The second kappa shape index (κ2) is 6.28. The Morgan fingerprint density at radius 2 is 2.05 bits per heavy atom. The molecule has 0 saturated heterocycles. The number of phosphoric ester groups is 1. The molecule has 0 aromatic carbocycles. The van der Waals surface area contributed by atoms with Crippen molar-refractivity contribution in [3.05, 3.63) is 11.5 Å². The molecule has 1 aliphatic rings. The lowest BCUT2D eigenvalue weighted by atomic mass is 10.1. The van der Waals surface area contributed by atoms with Gasteiger partial charge in [0, 0.05) is 0 Å².